The van der Waals surface area contributed by atoms with Gasteiger partial charge in [0.15, 0.2) is 5.84 Å². The number of hydrogen-bond donors (Lipinski definition) is 2. The van der Waals surface area contributed by atoms with Crippen molar-refractivity contribution in [2.75, 3.05) is 5.75 Å². The molecule has 17 heavy (non-hydrogen) atoms. The zero-order valence-corrected chi connectivity index (χ0v) is 11.1. The summed E-state index contributed by atoms with van der Waals surface area (Å²) in [6, 6.07) is 3.83. The summed E-state index contributed by atoms with van der Waals surface area (Å²) in [5, 5.41) is 11.7. The number of hydrogen-bond acceptors (Lipinski definition) is 4. The summed E-state index contributed by atoms with van der Waals surface area (Å²) >= 11 is 1.84. The molecule has 0 fully saturated rings. The Kier molecular flexibility index (Phi) is 5.83. The molecule has 1 rings (SSSR count). The maximum absolute atomic E-state index is 8.67. The van der Waals surface area contributed by atoms with E-state index in [0.717, 1.165) is 23.0 Å². The van der Waals surface area contributed by atoms with Crippen LogP contribution in [0, 0.1) is 5.92 Å². The van der Waals surface area contributed by atoms with Gasteiger partial charge >= 0.3 is 0 Å². The van der Waals surface area contributed by atoms with Crippen molar-refractivity contribution in [1.82, 2.24) is 4.98 Å². The number of thioether (sulfide) groups is 1. The van der Waals surface area contributed by atoms with Crippen molar-refractivity contribution in [2.45, 2.75) is 26.0 Å². The molecule has 0 aliphatic heterocycles. The zero-order valence-electron chi connectivity index (χ0n) is 10.3. The molecular formula is C12H19N3OS. The number of oxime groups is 1. The summed E-state index contributed by atoms with van der Waals surface area (Å²) in [5.74, 6) is 2.75. The molecule has 94 valence electrons. The highest BCUT2D eigenvalue weighted by molar-refractivity contribution is 7.98. The molecule has 1 aromatic rings. The summed E-state index contributed by atoms with van der Waals surface area (Å²) in [6.45, 7) is 4.43. The summed E-state index contributed by atoms with van der Waals surface area (Å²) < 4.78 is 0. The Hall–Kier alpha value is -1.23. The van der Waals surface area contributed by atoms with Gasteiger partial charge in [-0.2, -0.15) is 11.8 Å². The van der Waals surface area contributed by atoms with Gasteiger partial charge in [-0.3, -0.25) is 4.98 Å². The Morgan fingerprint density at radius 3 is 3.00 bits per heavy atom. The summed E-state index contributed by atoms with van der Waals surface area (Å²) in [7, 11) is 0. The van der Waals surface area contributed by atoms with Gasteiger partial charge in [0, 0.05) is 11.9 Å². The van der Waals surface area contributed by atoms with Crippen molar-refractivity contribution >= 4 is 17.6 Å². The third-order valence-electron chi connectivity index (χ3n) is 2.34. The van der Waals surface area contributed by atoms with Gasteiger partial charge in [0.2, 0.25) is 0 Å². The minimum atomic E-state index is 0.0741. The lowest BCUT2D eigenvalue weighted by molar-refractivity contribution is 0.318. The molecule has 0 spiro atoms. The van der Waals surface area contributed by atoms with Crippen molar-refractivity contribution < 1.29 is 5.21 Å². The Balaban J connectivity index is 2.58. The van der Waals surface area contributed by atoms with Gasteiger partial charge in [-0.05, 0) is 29.7 Å². The van der Waals surface area contributed by atoms with Gasteiger partial charge in [-0.25, -0.2) is 0 Å². The van der Waals surface area contributed by atoms with Gasteiger partial charge in [-0.15, -0.1) is 0 Å². The minimum Gasteiger partial charge on any atom is -0.409 e. The van der Waals surface area contributed by atoms with E-state index in [1.54, 1.807) is 6.20 Å². The van der Waals surface area contributed by atoms with Crippen LogP contribution in [-0.2, 0) is 5.75 Å². The van der Waals surface area contributed by atoms with Crippen LogP contribution < -0.4 is 5.73 Å². The topological polar surface area (TPSA) is 71.5 Å². The summed E-state index contributed by atoms with van der Waals surface area (Å²) in [4.78, 5) is 4.13. The molecule has 0 unspecified atom stereocenters. The van der Waals surface area contributed by atoms with Gasteiger partial charge in [0.1, 0.15) is 5.69 Å². The van der Waals surface area contributed by atoms with Gasteiger partial charge in [-0.1, -0.05) is 25.1 Å². The number of pyridine rings is 1. The quantitative estimate of drug-likeness (QED) is 0.268. The lowest BCUT2D eigenvalue weighted by Crippen LogP contribution is -2.17. The van der Waals surface area contributed by atoms with E-state index in [2.05, 4.69) is 24.0 Å². The predicted octanol–water partition coefficient (Wildman–Crippen LogP) is 2.46. The summed E-state index contributed by atoms with van der Waals surface area (Å²) in [5.41, 5.74) is 7.16. The Morgan fingerprint density at radius 2 is 2.35 bits per heavy atom. The van der Waals surface area contributed by atoms with Gasteiger partial charge < -0.3 is 10.9 Å². The van der Waals surface area contributed by atoms with Crippen molar-refractivity contribution in [3.63, 3.8) is 0 Å². The molecule has 0 saturated heterocycles. The molecule has 0 radical (unpaired) electrons. The average Bonchev–Trinajstić information content (AvgIpc) is 2.34. The SMILES string of the molecule is CC(C)CCSCc1cccnc1/C(N)=N/O. The number of amidine groups is 1. The molecule has 0 aromatic carbocycles. The second kappa shape index (κ2) is 7.17. The number of nitrogens with two attached hydrogens (primary N) is 1. The highest BCUT2D eigenvalue weighted by Gasteiger charge is 2.07. The van der Waals surface area contributed by atoms with Crippen molar-refractivity contribution in [3.8, 4) is 0 Å². The highest BCUT2D eigenvalue weighted by Crippen LogP contribution is 2.17. The fraction of sp³-hybridized carbons (Fsp3) is 0.500. The van der Waals surface area contributed by atoms with E-state index in [-0.39, 0.29) is 5.84 Å². The van der Waals surface area contributed by atoms with E-state index in [1.165, 1.54) is 6.42 Å². The normalized spacial score (nSPS) is 12.1. The molecule has 3 N–H and O–H groups in total. The van der Waals surface area contributed by atoms with E-state index >= 15 is 0 Å². The fourth-order valence-corrected chi connectivity index (χ4v) is 2.57. The van der Waals surface area contributed by atoms with E-state index < -0.39 is 0 Å². The summed E-state index contributed by atoms with van der Waals surface area (Å²) in [6.07, 6.45) is 2.85. The zero-order chi connectivity index (χ0) is 12.7. The van der Waals surface area contributed by atoms with E-state index in [1.807, 2.05) is 23.9 Å². The first kappa shape index (κ1) is 13.8. The lowest BCUT2D eigenvalue weighted by Gasteiger charge is -2.07. The van der Waals surface area contributed by atoms with E-state index in [9.17, 15) is 0 Å². The van der Waals surface area contributed by atoms with Crippen LogP contribution in [-0.4, -0.2) is 21.8 Å². The predicted molar refractivity (Wildman–Crippen MR) is 72.4 cm³/mol. The largest absolute Gasteiger partial charge is 0.409 e. The third kappa shape index (κ3) is 4.65. The highest BCUT2D eigenvalue weighted by atomic mass is 32.2. The molecule has 0 saturated carbocycles. The third-order valence-corrected chi connectivity index (χ3v) is 3.38. The molecule has 0 aliphatic rings. The minimum absolute atomic E-state index is 0.0741. The van der Waals surface area contributed by atoms with Crippen LogP contribution >= 0.6 is 11.8 Å². The molecule has 1 aromatic heterocycles. The molecule has 0 aliphatic carbocycles. The van der Waals surface area contributed by atoms with E-state index in [0.29, 0.717) is 5.69 Å². The van der Waals surface area contributed by atoms with Crippen molar-refractivity contribution in [1.29, 1.82) is 0 Å². The molecular weight excluding hydrogens is 234 g/mol. The molecule has 4 nitrogen and oxygen atoms in total. The van der Waals surface area contributed by atoms with Gasteiger partial charge in [0.05, 0.1) is 0 Å². The number of rotatable bonds is 6. The van der Waals surface area contributed by atoms with Crippen LogP contribution in [0.4, 0.5) is 0 Å². The van der Waals surface area contributed by atoms with Crippen LogP contribution in [0.5, 0.6) is 0 Å². The van der Waals surface area contributed by atoms with Crippen molar-refractivity contribution in [3.05, 3.63) is 29.6 Å². The van der Waals surface area contributed by atoms with E-state index in [4.69, 9.17) is 10.9 Å². The maximum Gasteiger partial charge on any atom is 0.189 e. The smallest absolute Gasteiger partial charge is 0.189 e. The second-order valence-corrected chi connectivity index (χ2v) is 5.34. The Morgan fingerprint density at radius 1 is 1.59 bits per heavy atom. The number of nitrogens with zero attached hydrogens (tertiary/aromatic N) is 2. The molecule has 0 amide bonds. The monoisotopic (exact) mass is 253 g/mol. The average molecular weight is 253 g/mol. The maximum atomic E-state index is 8.67. The standard InChI is InChI=1S/C12H19N3OS/c1-9(2)5-7-17-8-10-4-3-6-14-11(10)12(13)15-16/h3-4,6,9,16H,5,7-8H2,1-2H3,(H2,13,15). The molecule has 0 atom stereocenters. The van der Waals surface area contributed by atoms with Gasteiger partial charge in [0.25, 0.3) is 0 Å². The van der Waals surface area contributed by atoms with Crippen LogP contribution in [0.3, 0.4) is 0 Å². The van der Waals surface area contributed by atoms with Crippen molar-refractivity contribution in [2.24, 2.45) is 16.8 Å². The fourth-order valence-electron chi connectivity index (χ4n) is 1.33. The molecule has 1 heterocycles. The first-order valence-corrected chi connectivity index (χ1v) is 6.80. The first-order chi connectivity index (χ1) is 8.15. The van der Waals surface area contributed by atoms with Crippen LogP contribution in [0.25, 0.3) is 0 Å². The second-order valence-electron chi connectivity index (χ2n) is 4.23. The van der Waals surface area contributed by atoms with Crippen LogP contribution in [0.2, 0.25) is 0 Å². The van der Waals surface area contributed by atoms with Crippen LogP contribution in [0.1, 0.15) is 31.5 Å². The lowest BCUT2D eigenvalue weighted by atomic mass is 10.2. The first-order valence-electron chi connectivity index (χ1n) is 5.64. The molecule has 0 bridgehead atoms. The Bertz CT molecular complexity index is 380. The Labute approximate surface area is 106 Å². The number of aromatic nitrogens is 1. The molecule has 5 heteroatoms. The van der Waals surface area contributed by atoms with Crippen LogP contribution in [0.15, 0.2) is 23.5 Å².